The second-order valence-electron chi connectivity index (χ2n) is 4.73. The molecule has 0 fully saturated rings. The van der Waals surface area contributed by atoms with Crippen LogP contribution in [0, 0.1) is 0 Å². The number of thiophene rings is 1. The molecule has 0 aliphatic carbocycles. The summed E-state index contributed by atoms with van der Waals surface area (Å²) in [7, 11) is 0. The maximum absolute atomic E-state index is 12.0. The normalized spacial score (nSPS) is 15.3. The third kappa shape index (κ3) is 2.29. The molecule has 2 heterocycles. The molecule has 0 unspecified atom stereocenters. The van der Waals surface area contributed by atoms with Gasteiger partial charge in [0.15, 0.2) is 0 Å². The number of carbonyl (C=O) groups is 1. The number of nitrogens with one attached hydrogen (secondary N) is 1. The molecule has 1 aromatic heterocycles. The van der Waals surface area contributed by atoms with Gasteiger partial charge in [-0.1, -0.05) is 0 Å². The Morgan fingerprint density at radius 1 is 1.50 bits per heavy atom. The van der Waals surface area contributed by atoms with Crippen molar-refractivity contribution in [1.29, 1.82) is 0 Å². The number of ether oxygens (including phenoxy) is 1. The number of rotatable bonds is 0. The van der Waals surface area contributed by atoms with Crippen molar-refractivity contribution < 1.29 is 9.53 Å². The van der Waals surface area contributed by atoms with E-state index in [0.29, 0.717) is 6.54 Å². The lowest BCUT2D eigenvalue weighted by molar-refractivity contribution is 0.0581. The van der Waals surface area contributed by atoms with Crippen molar-refractivity contribution in [2.24, 2.45) is 0 Å². The van der Waals surface area contributed by atoms with Crippen LogP contribution in [-0.4, -0.2) is 24.8 Å². The van der Waals surface area contributed by atoms with Crippen LogP contribution in [0.2, 0.25) is 0 Å². The Kier molecular flexibility index (Phi) is 2.80. The average molecular weight is 240 g/mol. The van der Waals surface area contributed by atoms with E-state index in [2.05, 4.69) is 5.32 Å². The van der Waals surface area contributed by atoms with E-state index in [1.54, 1.807) is 16.2 Å². The molecule has 1 amide bonds. The van der Waals surface area contributed by atoms with Gasteiger partial charge in [-0.2, -0.15) is 0 Å². The Morgan fingerprint density at radius 3 is 2.94 bits per heavy atom. The predicted molar refractivity (Wildman–Crippen MR) is 66.4 cm³/mol. The molecule has 2 rings (SSSR count). The number of anilines is 2. The van der Waals surface area contributed by atoms with E-state index in [-0.39, 0.29) is 6.09 Å². The fourth-order valence-electron chi connectivity index (χ4n) is 1.56. The molecule has 1 aromatic rings. The van der Waals surface area contributed by atoms with Gasteiger partial charge >= 0.3 is 6.09 Å². The van der Waals surface area contributed by atoms with Crippen LogP contribution in [-0.2, 0) is 4.74 Å². The summed E-state index contributed by atoms with van der Waals surface area (Å²) in [4.78, 5) is 13.6. The van der Waals surface area contributed by atoms with E-state index in [9.17, 15) is 4.79 Å². The molecule has 0 radical (unpaired) electrons. The molecular formula is C11H16N2O2S. The number of amides is 1. The zero-order chi connectivity index (χ0) is 11.8. The van der Waals surface area contributed by atoms with Gasteiger partial charge in [-0.25, -0.2) is 4.79 Å². The molecule has 1 aliphatic heterocycles. The Labute approximate surface area is 99.2 Å². The summed E-state index contributed by atoms with van der Waals surface area (Å²) in [6.07, 6.45) is -0.270. The molecule has 4 nitrogen and oxygen atoms in total. The number of hydrogen-bond acceptors (Lipinski definition) is 4. The maximum Gasteiger partial charge on any atom is 0.414 e. The monoisotopic (exact) mass is 240 g/mol. The smallest absolute Gasteiger partial charge is 0.414 e. The van der Waals surface area contributed by atoms with Crippen molar-refractivity contribution in [1.82, 2.24) is 0 Å². The molecule has 0 saturated heterocycles. The van der Waals surface area contributed by atoms with Crippen LogP contribution >= 0.6 is 11.3 Å². The van der Waals surface area contributed by atoms with Crippen LogP contribution in [0.15, 0.2) is 10.8 Å². The second kappa shape index (κ2) is 3.97. The molecule has 0 atom stereocenters. The zero-order valence-electron chi connectivity index (χ0n) is 9.74. The first-order valence-corrected chi connectivity index (χ1v) is 6.22. The first-order chi connectivity index (χ1) is 7.47. The van der Waals surface area contributed by atoms with Gasteiger partial charge in [0.1, 0.15) is 5.60 Å². The van der Waals surface area contributed by atoms with Crippen molar-refractivity contribution in [2.45, 2.75) is 26.4 Å². The van der Waals surface area contributed by atoms with E-state index in [4.69, 9.17) is 4.74 Å². The summed E-state index contributed by atoms with van der Waals surface area (Å²) in [5, 5.41) is 7.22. The lowest BCUT2D eigenvalue weighted by Gasteiger charge is -2.30. The molecule has 0 saturated carbocycles. The fraction of sp³-hybridized carbons (Fsp3) is 0.545. The fourth-order valence-corrected chi connectivity index (χ4v) is 2.35. The van der Waals surface area contributed by atoms with Crippen molar-refractivity contribution >= 4 is 28.8 Å². The van der Waals surface area contributed by atoms with E-state index in [0.717, 1.165) is 17.9 Å². The molecule has 88 valence electrons. The summed E-state index contributed by atoms with van der Waals surface area (Å²) < 4.78 is 5.37. The first kappa shape index (κ1) is 11.3. The van der Waals surface area contributed by atoms with Gasteiger partial charge in [0.25, 0.3) is 0 Å². The van der Waals surface area contributed by atoms with Crippen LogP contribution in [0.4, 0.5) is 16.2 Å². The molecular weight excluding hydrogens is 224 g/mol. The number of nitrogens with zero attached hydrogens (tertiary/aromatic N) is 1. The third-order valence-electron chi connectivity index (χ3n) is 2.20. The lowest BCUT2D eigenvalue weighted by Crippen LogP contribution is -2.41. The topological polar surface area (TPSA) is 41.6 Å². The molecule has 5 heteroatoms. The average Bonchev–Trinajstić information content (AvgIpc) is 2.61. The summed E-state index contributed by atoms with van der Waals surface area (Å²) in [5.41, 5.74) is 1.49. The van der Waals surface area contributed by atoms with Gasteiger partial charge in [-0.05, 0) is 20.8 Å². The minimum absolute atomic E-state index is 0.270. The molecule has 1 N–H and O–H groups in total. The minimum Gasteiger partial charge on any atom is -0.443 e. The quantitative estimate of drug-likeness (QED) is 0.758. The van der Waals surface area contributed by atoms with Crippen LogP contribution in [0.5, 0.6) is 0 Å². The Balaban J connectivity index is 2.15. The minimum atomic E-state index is -0.446. The van der Waals surface area contributed by atoms with Gasteiger partial charge in [-0.3, -0.25) is 4.90 Å². The Hall–Kier alpha value is -1.23. The van der Waals surface area contributed by atoms with Gasteiger partial charge < -0.3 is 10.1 Å². The molecule has 0 bridgehead atoms. The summed E-state index contributed by atoms with van der Waals surface area (Å²) in [5.74, 6) is 0. The summed E-state index contributed by atoms with van der Waals surface area (Å²) in [6, 6.07) is 0. The van der Waals surface area contributed by atoms with Gasteiger partial charge in [0, 0.05) is 23.8 Å². The Bertz CT molecular complexity index is 395. The van der Waals surface area contributed by atoms with Crippen LogP contribution in [0.1, 0.15) is 20.8 Å². The van der Waals surface area contributed by atoms with E-state index in [1.165, 1.54) is 0 Å². The van der Waals surface area contributed by atoms with Gasteiger partial charge in [0.05, 0.1) is 11.4 Å². The molecule has 16 heavy (non-hydrogen) atoms. The highest BCUT2D eigenvalue weighted by Crippen LogP contribution is 2.33. The maximum atomic E-state index is 12.0. The van der Waals surface area contributed by atoms with E-state index >= 15 is 0 Å². The van der Waals surface area contributed by atoms with Crippen molar-refractivity contribution in [3.05, 3.63) is 10.8 Å². The van der Waals surface area contributed by atoms with Crippen molar-refractivity contribution in [3.63, 3.8) is 0 Å². The molecule has 1 aliphatic rings. The summed E-state index contributed by atoms with van der Waals surface area (Å²) >= 11 is 1.58. The highest BCUT2D eigenvalue weighted by Gasteiger charge is 2.27. The zero-order valence-corrected chi connectivity index (χ0v) is 10.6. The Morgan fingerprint density at radius 2 is 2.25 bits per heavy atom. The van der Waals surface area contributed by atoms with Crippen molar-refractivity contribution in [3.8, 4) is 0 Å². The van der Waals surface area contributed by atoms with Gasteiger partial charge in [-0.15, -0.1) is 11.3 Å². The van der Waals surface area contributed by atoms with Crippen LogP contribution in [0.25, 0.3) is 0 Å². The third-order valence-corrected chi connectivity index (χ3v) is 2.93. The van der Waals surface area contributed by atoms with E-state index in [1.807, 2.05) is 31.5 Å². The highest BCUT2D eigenvalue weighted by atomic mass is 32.1. The molecule has 0 aromatic carbocycles. The highest BCUT2D eigenvalue weighted by molar-refractivity contribution is 7.09. The lowest BCUT2D eigenvalue weighted by atomic mass is 10.2. The van der Waals surface area contributed by atoms with Gasteiger partial charge in [0.2, 0.25) is 0 Å². The predicted octanol–water partition coefficient (Wildman–Crippen LogP) is 2.92. The van der Waals surface area contributed by atoms with Crippen LogP contribution in [0.3, 0.4) is 0 Å². The number of carbonyl (C=O) groups excluding carboxylic acids is 1. The van der Waals surface area contributed by atoms with Crippen LogP contribution < -0.4 is 10.2 Å². The number of hydrogen-bond donors (Lipinski definition) is 1. The molecule has 0 spiro atoms. The SMILES string of the molecule is CC(C)(C)OC(=O)N1CCNc2cscc21. The largest absolute Gasteiger partial charge is 0.443 e. The number of fused-ring (bicyclic) bond motifs is 1. The summed E-state index contributed by atoms with van der Waals surface area (Å²) in [6.45, 7) is 7.05. The second-order valence-corrected chi connectivity index (χ2v) is 5.47. The van der Waals surface area contributed by atoms with E-state index < -0.39 is 5.60 Å². The van der Waals surface area contributed by atoms with Crippen molar-refractivity contribution in [2.75, 3.05) is 23.3 Å². The standard InChI is InChI=1S/C11H16N2O2S/c1-11(2,3)15-10(14)13-5-4-12-8-6-16-7-9(8)13/h6-7,12H,4-5H2,1-3H3. The first-order valence-electron chi connectivity index (χ1n) is 5.28.